The lowest BCUT2D eigenvalue weighted by Crippen LogP contribution is -2.17. The van der Waals surface area contributed by atoms with Crippen LogP contribution in [0.5, 0.6) is 5.75 Å². The molecule has 1 amide bonds. The summed E-state index contributed by atoms with van der Waals surface area (Å²) in [4.78, 5) is 12.1. The highest BCUT2D eigenvalue weighted by atomic mass is 79.9. The van der Waals surface area contributed by atoms with E-state index in [1.54, 1.807) is 30.3 Å². The van der Waals surface area contributed by atoms with Crippen LogP contribution in [0.3, 0.4) is 0 Å². The molecular weight excluding hydrogens is 463 g/mol. The minimum atomic E-state index is -0.322. The van der Waals surface area contributed by atoms with E-state index >= 15 is 0 Å². The van der Waals surface area contributed by atoms with E-state index in [-0.39, 0.29) is 5.91 Å². The number of halogens is 3. The fourth-order valence-electron chi connectivity index (χ4n) is 2.38. The quantitative estimate of drug-likeness (QED) is 0.344. The first kappa shape index (κ1) is 20.4. The van der Waals surface area contributed by atoms with Gasteiger partial charge in [0, 0.05) is 10.0 Å². The molecule has 0 aliphatic carbocycles. The number of ether oxygens (including phenoxy) is 1. The van der Waals surface area contributed by atoms with Crippen LogP contribution in [-0.4, -0.2) is 12.1 Å². The first-order valence-electron chi connectivity index (χ1n) is 8.27. The third-order valence-corrected chi connectivity index (χ3v) is 4.77. The highest BCUT2D eigenvalue weighted by Crippen LogP contribution is 2.34. The van der Waals surface area contributed by atoms with Crippen molar-refractivity contribution in [3.8, 4) is 5.75 Å². The fourth-order valence-corrected chi connectivity index (χ4v) is 3.39. The third kappa shape index (κ3) is 5.58. The van der Waals surface area contributed by atoms with E-state index in [1.807, 2.05) is 36.4 Å². The van der Waals surface area contributed by atoms with E-state index in [9.17, 15) is 4.79 Å². The molecule has 0 saturated heterocycles. The first-order chi connectivity index (χ1) is 13.5. The van der Waals surface area contributed by atoms with Gasteiger partial charge in [-0.05, 0) is 41.5 Å². The number of amides is 1. The summed E-state index contributed by atoms with van der Waals surface area (Å²) in [5.41, 5.74) is 4.61. The van der Waals surface area contributed by atoms with E-state index in [4.69, 9.17) is 27.9 Å². The second kappa shape index (κ2) is 9.73. The van der Waals surface area contributed by atoms with Crippen molar-refractivity contribution in [3.63, 3.8) is 0 Å². The van der Waals surface area contributed by atoms with Gasteiger partial charge in [-0.1, -0.05) is 75.5 Å². The van der Waals surface area contributed by atoms with Crippen LogP contribution in [-0.2, 0) is 6.61 Å². The lowest BCUT2D eigenvalue weighted by molar-refractivity contribution is 0.0955. The Kier molecular flexibility index (Phi) is 7.09. The van der Waals surface area contributed by atoms with Crippen LogP contribution in [0.15, 0.2) is 76.3 Å². The number of rotatable bonds is 6. The summed E-state index contributed by atoms with van der Waals surface area (Å²) in [6.07, 6.45) is 1.47. The molecule has 28 heavy (non-hydrogen) atoms. The van der Waals surface area contributed by atoms with Gasteiger partial charge in [-0.2, -0.15) is 5.10 Å². The summed E-state index contributed by atoms with van der Waals surface area (Å²) < 4.78 is 6.55. The van der Waals surface area contributed by atoms with Crippen LogP contribution in [0.1, 0.15) is 21.5 Å². The highest BCUT2D eigenvalue weighted by molar-refractivity contribution is 9.10. The van der Waals surface area contributed by atoms with Gasteiger partial charge in [-0.15, -0.1) is 0 Å². The zero-order valence-electron chi connectivity index (χ0n) is 14.5. The smallest absolute Gasteiger partial charge is 0.271 e. The van der Waals surface area contributed by atoms with Crippen molar-refractivity contribution in [2.75, 3.05) is 0 Å². The lowest BCUT2D eigenvalue weighted by atomic mass is 10.2. The predicted molar refractivity (Wildman–Crippen MR) is 116 cm³/mol. The van der Waals surface area contributed by atoms with Gasteiger partial charge >= 0.3 is 0 Å². The summed E-state index contributed by atoms with van der Waals surface area (Å²) in [5.74, 6) is 0.0834. The standard InChI is InChI=1S/C21H15BrCl2N2O2/c22-17-8-4-7-16(11-17)21(27)26-25-12-15-9-18(23)20(19(24)10-15)28-13-14-5-2-1-3-6-14/h1-12H,13H2,(H,26,27)/b25-12-. The van der Waals surface area contributed by atoms with Gasteiger partial charge in [0.1, 0.15) is 6.61 Å². The molecule has 0 aromatic heterocycles. The number of hydrogen-bond acceptors (Lipinski definition) is 3. The van der Waals surface area contributed by atoms with E-state index in [2.05, 4.69) is 26.5 Å². The summed E-state index contributed by atoms with van der Waals surface area (Å²) in [7, 11) is 0. The van der Waals surface area contributed by atoms with Crippen molar-refractivity contribution in [2.24, 2.45) is 5.10 Å². The van der Waals surface area contributed by atoms with Crippen molar-refractivity contribution >= 4 is 51.3 Å². The van der Waals surface area contributed by atoms with Gasteiger partial charge in [0.05, 0.1) is 16.3 Å². The van der Waals surface area contributed by atoms with Crippen molar-refractivity contribution in [3.05, 3.63) is 97.9 Å². The van der Waals surface area contributed by atoms with E-state index in [0.717, 1.165) is 10.0 Å². The Labute approximate surface area is 181 Å². The van der Waals surface area contributed by atoms with Gasteiger partial charge in [0.25, 0.3) is 5.91 Å². The van der Waals surface area contributed by atoms with Crippen LogP contribution in [0.2, 0.25) is 10.0 Å². The predicted octanol–water partition coefficient (Wildman–Crippen LogP) is 6.10. The van der Waals surface area contributed by atoms with Gasteiger partial charge in [0.15, 0.2) is 5.75 Å². The van der Waals surface area contributed by atoms with Crippen molar-refractivity contribution in [1.29, 1.82) is 0 Å². The third-order valence-electron chi connectivity index (χ3n) is 3.71. The number of hydrogen-bond donors (Lipinski definition) is 1. The molecule has 3 aromatic carbocycles. The van der Waals surface area contributed by atoms with E-state index in [0.29, 0.717) is 33.5 Å². The zero-order chi connectivity index (χ0) is 19.9. The number of nitrogens with zero attached hydrogens (tertiary/aromatic N) is 1. The number of benzene rings is 3. The average Bonchev–Trinajstić information content (AvgIpc) is 2.68. The molecule has 3 rings (SSSR count). The molecule has 0 unspecified atom stereocenters. The van der Waals surface area contributed by atoms with Crippen molar-refractivity contribution in [1.82, 2.24) is 5.43 Å². The van der Waals surface area contributed by atoms with Crippen LogP contribution in [0.4, 0.5) is 0 Å². The molecule has 0 bridgehead atoms. The van der Waals surface area contributed by atoms with Gasteiger partial charge in [-0.25, -0.2) is 5.43 Å². The molecule has 3 aromatic rings. The molecule has 0 aliphatic rings. The number of hydrazone groups is 1. The Morgan fingerprint density at radius 1 is 1.04 bits per heavy atom. The van der Waals surface area contributed by atoms with Gasteiger partial charge < -0.3 is 4.74 Å². The molecule has 0 atom stereocenters. The first-order valence-corrected chi connectivity index (χ1v) is 9.82. The second-order valence-electron chi connectivity index (χ2n) is 5.80. The molecule has 142 valence electrons. The largest absolute Gasteiger partial charge is 0.486 e. The fraction of sp³-hybridized carbons (Fsp3) is 0.0476. The van der Waals surface area contributed by atoms with Crippen molar-refractivity contribution in [2.45, 2.75) is 6.61 Å². The molecule has 7 heteroatoms. The normalized spacial score (nSPS) is 10.8. The summed E-state index contributed by atoms with van der Waals surface area (Å²) in [6, 6.07) is 20.1. The molecule has 4 nitrogen and oxygen atoms in total. The minimum Gasteiger partial charge on any atom is -0.486 e. The van der Waals surface area contributed by atoms with Crippen LogP contribution < -0.4 is 10.2 Å². The summed E-state index contributed by atoms with van der Waals surface area (Å²) in [6.45, 7) is 0.358. The van der Waals surface area contributed by atoms with E-state index < -0.39 is 0 Å². The Hall–Kier alpha value is -2.34. The Morgan fingerprint density at radius 2 is 1.75 bits per heavy atom. The maximum absolute atomic E-state index is 12.1. The van der Waals surface area contributed by atoms with E-state index in [1.165, 1.54) is 6.21 Å². The molecule has 1 N–H and O–H groups in total. The zero-order valence-corrected chi connectivity index (χ0v) is 17.6. The van der Waals surface area contributed by atoms with Gasteiger partial charge in [0.2, 0.25) is 0 Å². The average molecular weight is 478 g/mol. The number of carbonyl (C=O) groups is 1. The molecule has 0 radical (unpaired) electrons. The lowest BCUT2D eigenvalue weighted by Gasteiger charge is -2.11. The maximum atomic E-state index is 12.1. The Balaban J connectivity index is 1.65. The maximum Gasteiger partial charge on any atom is 0.271 e. The Bertz CT molecular complexity index is 987. The van der Waals surface area contributed by atoms with Crippen LogP contribution in [0.25, 0.3) is 0 Å². The Morgan fingerprint density at radius 3 is 2.43 bits per heavy atom. The SMILES string of the molecule is O=C(N/N=C\c1cc(Cl)c(OCc2ccccc2)c(Cl)c1)c1cccc(Br)c1. The molecule has 0 heterocycles. The topological polar surface area (TPSA) is 50.7 Å². The minimum absolute atomic E-state index is 0.322. The second-order valence-corrected chi connectivity index (χ2v) is 7.53. The number of nitrogens with one attached hydrogen (secondary N) is 1. The molecular formula is C21H15BrCl2N2O2. The molecule has 0 fully saturated rings. The monoisotopic (exact) mass is 476 g/mol. The van der Waals surface area contributed by atoms with Crippen LogP contribution in [0, 0.1) is 0 Å². The van der Waals surface area contributed by atoms with Crippen LogP contribution >= 0.6 is 39.1 Å². The highest BCUT2D eigenvalue weighted by Gasteiger charge is 2.10. The summed E-state index contributed by atoms with van der Waals surface area (Å²) in [5, 5.41) is 4.68. The molecule has 0 spiro atoms. The molecule has 0 aliphatic heterocycles. The van der Waals surface area contributed by atoms with Gasteiger partial charge in [-0.3, -0.25) is 4.79 Å². The number of carbonyl (C=O) groups excluding carboxylic acids is 1. The summed E-state index contributed by atoms with van der Waals surface area (Å²) >= 11 is 15.9. The van der Waals surface area contributed by atoms with Crippen molar-refractivity contribution < 1.29 is 9.53 Å². The molecule has 0 saturated carbocycles.